The van der Waals surface area contributed by atoms with Gasteiger partial charge in [0.25, 0.3) is 0 Å². The molecular formula is C15H20. The van der Waals surface area contributed by atoms with Crippen LogP contribution in [0.3, 0.4) is 0 Å². The van der Waals surface area contributed by atoms with Crippen LogP contribution in [-0.4, -0.2) is 0 Å². The van der Waals surface area contributed by atoms with E-state index in [4.69, 9.17) is 0 Å². The van der Waals surface area contributed by atoms with E-state index in [2.05, 4.69) is 49.4 Å². The van der Waals surface area contributed by atoms with Gasteiger partial charge >= 0.3 is 0 Å². The van der Waals surface area contributed by atoms with Crippen LogP contribution in [0, 0.1) is 5.92 Å². The normalized spacial score (nSPS) is 27.0. The first-order valence-corrected chi connectivity index (χ1v) is 6.08. The van der Waals surface area contributed by atoms with Crippen molar-refractivity contribution >= 4 is 0 Å². The molecule has 0 spiro atoms. The second kappa shape index (κ2) is 5.16. The van der Waals surface area contributed by atoms with Crippen molar-refractivity contribution in [1.29, 1.82) is 0 Å². The van der Waals surface area contributed by atoms with Gasteiger partial charge in [0.05, 0.1) is 0 Å². The molecule has 2 rings (SSSR count). The Hall–Kier alpha value is -1.04. The van der Waals surface area contributed by atoms with Gasteiger partial charge in [-0.25, -0.2) is 0 Å². The summed E-state index contributed by atoms with van der Waals surface area (Å²) >= 11 is 0. The van der Waals surface area contributed by atoms with Crippen molar-refractivity contribution in [1.82, 2.24) is 0 Å². The Balaban J connectivity index is 1.94. The van der Waals surface area contributed by atoms with Crippen molar-refractivity contribution < 1.29 is 0 Å². The first-order valence-electron chi connectivity index (χ1n) is 6.08. The van der Waals surface area contributed by atoms with Crippen molar-refractivity contribution in [2.24, 2.45) is 5.92 Å². The van der Waals surface area contributed by atoms with Crippen LogP contribution < -0.4 is 0 Å². The molecule has 0 radical (unpaired) electrons. The Bertz CT molecular complexity index is 302. The van der Waals surface area contributed by atoms with Crippen LogP contribution in [0.5, 0.6) is 0 Å². The van der Waals surface area contributed by atoms with Gasteiger partial charge in [0.15, 0.2) is 0 Å². The predicted octanol–water partition coefficient (Wildman–Crippen LogP) is 4.54. The second-order valence-electron chi connectivity index (χ2n) is 4.55. The largest absolute Gasteiger partial charge is 0.0914 e. The molecule has 80 valence electrons. The molecule has 1 aromatic rings. The van der Waals surface area contributed by atoms with E-state index in [0.29, 0.717) is 0 Å². The Kier molecular flexibility index (Phi) is 3.60. The van der Waals surface area contributed by atoms with Gasteiger partial charge in [0.2, 0.25) is 0 Å². The molecule has 1 aliphatic rings. The molecule has 0 saturated heterocycles. The first kappa shape index (κ1) is 10.5. The Morgan fingerprint density at radius 1 is 1.00 bits per heavy atom. The van der Waals surface area contributed by atoms with Crippen molar-refractivity contribution in [2.45, 2.75) is 38.5 Å². The summed E-state index contributed by atoms with van der Waals surface area (Å²) < 4.78 is 0. The molecule has 0 atom stereocenters. The Morgan fingerprint density at radius 3 is 2.27 bits per heavy atom. The predicted molar refractivity (Wildman–Crippen MR) is 66.0 cm³/mol. The molecule has 0 nitrogen and oxygen atoms in total. The molecule has 0 bridgehead atoms. The van der Waals surface area contributed by atoms with Gasteiger partial charge in [-0.3, -0.25) is 0 Å². The average molecular weight is 200 g/mol. The SMILES string of the molecule is CC=CC1CCC(c2ccccc2)CC1. The van der Waals surface area contributed by atoms with E-state index in [1.54, 1.807) is 0 Å². The summed E-state index contributed by atoms with van der Waals surface area (Å²) in [5, 5.41) is 0. The average Bonchev–Trinajstić information content (AvgIpc) is 2.32. The molecular weight excluding hydrogens is 180 g/mol. The quantitative estimate of drug-likeness (QED) is 0.615. The Labute approximate surface area is 93.0 Å². The van der Waals surface area contributed by atoms with Crippen LogP contribution >= 0.6 is 0 Å². The summed E-state index contributed by atoms with van der Waals surface area (Å²) in [6, 6.07) is 11.0. The minimum Gasteiger partial charge on any atom is -0.0914 e. The molecule has 0 unspecified atom stereocenters. The third-order valence-electron chi connectivity index (χ3n) is 3.51. The summed E-state index contributed by atoms with van der Waals surface area (Å²) in [5.74, 6) is 1.66. The number of benzene rings is 1. The summed E-state index contributed by atoms with van der Waals surface area (Å²) in [6.07, 6.45) is 10.0. The lowest BCUT2D eigenvalue weighted by molar-refractivity contribution is 0.375. The number of hydrogen-bond acceptors (Lipinski definition) is 0. The lowest BCUT2D eigenvalue weighted by Gasteiger charge is -2.27. The van der Waals surface area contributed by atoms with Gasteiger partial charge in [-0.2, -0.15) is 0 Å². The number of rotatable bonds is 2. The zero-order valence-corrected chi connectivity index (χ0v) is 9.52. The molecule has 1 saturated carbocycles. The zero-order valence-electron chi connectivity index (χ0n) is 9.52. The lowest BCUT2D eigenvalue weighted by Crippen LogP contribution is -2.11. The molecule has 0 heteroatoms. The van der Waals surface area contributed by atoms with Gasteiger partial charge in [-0.15, -0.1) is 0 Å². The summed E-state index contributed by atoms with van der Waals surface area (Å²) in [4.78, 5) is 0. The molecule has 0 amide bonds. The monoisotopic (exact) mass is 200 g/mol. The lowest BCUT2D eigenvalue weighted by atomic mass is 9.79. The fourth-order valence-corrected chi connectivity index (χ4v) is 2.64. The molecule has 1 fully saturated rings. The van der Waals surface area contributed by atoms with Crippen LogP contribution in [-0.2, 0) is 0 Å². The highest BCUT2D eigenvalue weighted by atomic mass is 14.2. The zero-order chi connectivity index (χ0) is 10.5. The van der Waals surface area contributed by atoms with E-state index >= 15 is 0 Å². The van der Waals surface area contributed by atoms with Crippen molar-refractivity contribution in [2.75, 3.05) is 0 Å². The summed E-state index contributed by atoms with van der Waals surface area (Å²) in [6.45, 7) is 2.13. The van der Waals surface area contributed by atoms with E-state index in [1.807, 2.05) is 0 Å². The third kappa shape index (κ3) is 2.71. The van der Waals surface area contributed by atoms with Gasteiger partial charge in [0, 0.05) is 0 Å². The minimum absolute atomic E-state index is 0.813. The molecule has 15 heavy (non-hydrogen) atoms. The highest BCUT2D eigenvalue weighted by Crippen LogP contribution is 2.35. The molecule has 1 aromatic carbocycles. The van der Waals surface area contributed by atoms with Gasteiger partial charge in [-0.05, 0) is 50.0 Å². The van der Waals surface area contributed by atoms with E-state index in [-0.39, 0.29) is 0 Å². The van der Waals surface area contributed by atoms with Crippen molar-refractivity contribution in [3.05, 3.63) is 48.0 Å². The fraction of sp³-hybridized carbons (Fsp3) is 0.467. The van der Waals surface area contributed by atoms with Gasteiger partial charge in [-0.1, -0.05) is 42.5 Å². The van der Waals surface area contributed by atoms with E-state index in [9.17, 15) is 0 Å². The summed E-state index contributed by atoms with van der Waals surface area (Å²) in [5.41, 5.74) is 1.54. The van der Waals surface area contributed by atoms with Crippen LogP contribution in [0.15, 0.2) is 42.5 Å². The van der Waals surface area contributed by atoms with Crippen molar-refractivity contribution in [3.63, 3.8) is 0 Å². The van der Waals surface area contributed by atoms with Crippen molar-refractivity contribution in [3.8, 4) is 0 Å². The number of allylic oxidation sites excluding steroid dienone is 2. The van der Waals surface area contributed by atoms with Crippen LogP contribution in [0.1, 0.15) is 44.1 Å². The second-order valence-corrected chi connectivity index (χ2v) is 4.55. The summed E-state index contributed by atoms with van der Waals surface area (Å²) in [7, 11) is 0. The van der Waals surface area contributed by atoms with Gasteiger partial charge in [0.1, 0.15) is 0 Å². The maximum Gasteiger partial charge on any atom is -0.0162 e. The molecule has 0 N–H and O–H groups in total. The van der Waals surface area contributed by atoms with Crippen LogP contribution in [0.25, 0.3) is 0 Å². The van der Waals surface area contributed by atoms with E-state index in [1.165, 1.54) is 31.2 Å². The number of hydrogen-bond donors (Lipinski definition) is 0. The standard InChI is InChI=1S/C15H20/c1-2-6-13-9-11-15(12-10-13)14-7-4-3-5-8-14/h2-8,13,15H,9-12H2,1H3. The Morgan fingerprint density at radius 2 is 1.67 bits per heavy atom. The maximum absolute atomic E-state index is 2.38. The van der Waals surface area contributed by atoms with E-state index < -0.39 is 0 Å². The third-order valence-corrected chi connectivity index (χ3v) is 3.51. The highest BCUT2D eigenvalue weighted by Gasteiger charge is 2.20. The topological polar surface area (TPSA) is 0 Å². The highest BCUT2D eigenvalue weighted by molar-refractivity contribution is 5.20. The van der Waals surface area contributed by atoms with Crippen LogP contribution in [0.2, 0.25) is 0 Å². The smallest absolute Gasteiger partial charge is 0.0162 e. The van der Waals surface area contributed by atoms with Crippen LogP contribution in [0.4, 0.5) is 0 Å². The molecule has 1 aliphatic carbocycles. The first-order chi connectivity index (χ1) is 7.40. The molecule has 0 aromatic heterocycles. The molecule has 0 heterocycles. The molecule has 0 aliphatic heterocycles. The van der Waals surface area contributed by atoms with E-state index in [0.717, 1.165) is 11.8 Å². The van der Waals surface area contributed by atoms with Gasteiger partial charge < -0.3 is 0 Å². The fourth-order valence-electron chi connectivity index (χ4n) is 2.64. The minimum atomic E-state index is 0.813. The maximum atomic E-state index is 2.38.